The first kappa shape index (κ1) is 33.0. The van der Waals surface area contributed by atoms with Gasteiger partial charge in [0.2, 0.25) is 0 Å². The smallest absolute Gasteiger partial charge is 0.164 e. The quantitative estimate of drug-likeness (QED) is 0.179. The molecule has 0 fully saturated rings. The molecule has 270 valence electrons. The van der Waals surface area contributed by atoms with Crippen LogP contribution < -0.4 is 0 Å². The summed E-state index contributed by atoms with van der Waals surface area (Å²) < 4.78 is 0. The van der Waals surface area contributed by atoms with Gasteiger partial charge in [0.05, 0.1) is 5.41 Å². The van der Waals surface area contributed by atoms with Crippen LogP contribution in [0.3, 0.4) is 0 Å². The fraction of sp³-hybridized carbons (Fsp3) is 0.0185. The van der Waals surface area contributed by atoms with Crippen LogP contribution in [-0.4, -0.2) is 15.0 Å². The van der Waals surface area contributed by atoms with Gasteiger partial charge in [-0.3, -0.25) is 0 Å². The molecule has 1 unspecified atom stereocenters. The summed E-state index contributed by atoms with van der Waals surface area (Å²) in [5.74, 6) is 1.96. The van der Waals surface area contributed by atoms with Crippen molar-refractivity contribution in [3.05, 3.63) is 222 Å². The number of hydrogen-bond acceptors (Lipinski definition) is 4. The summed E-state index contributed by atoms with van der Waals surface area (Å²) in [6.07, 6.45) is 0. The molecule has 2 aliphatic rings. The third-order valence-corrected chi connectivity index (χ3v) is 13.1. The molecular weight excluding hydrogens is 723 g/mol. The normalized spacial score (nSPS) is 14.9. The molecule has 3 nitrogen and oxygen atoms in total. The van der Waals surface area contributed by atoms with Crippen LogP contribution in [0.2, 0.25) is 0 Å². The molecule has 0 amide bonds. The van der Waals surface area contributed by atoms with Crippen molar-refractivity contribution in [3.8, 4) is 56.4 Å². The maximum atomic E-state index is 5.12. The minimum Gasteiger partial charge on any atom is -0.208 e. The van der Waals surface area contributed by atoms with Crippen LogP contribution in [-0.2, 0) is 5.41 Å². The fourth-order valence-corrected chi connectivity index (χ4v) is 10.6. The fourth-order valence-electron chi connectivity index (χ4n) is 9.43. The summed E-state index contributed by atoms with van der Waals surface area (Å²) in [6.45, 7) is 0. The summed E-state index contributed by atoms with van der Waals surface area (Å²) in [6, 6.07) is 72.3. The highest BCUT2D eigenvalue weighted by atomic mass is 32.2. The second-order valence-electron chi connectivity index (χ2n) is 15.1. The Kier molecular flexibility index (Phi) is 7.38. The highest BCUT2D eigenvalue weighted by Crippen LogP contribution is 2.63. The molecule has 2 heterocycles. The molecule has 0 saturated carbocycles. The van der Waals surface area contributed by atoms with Crippen molar-refractivity contribution >= 4 is 33.3 Å². The Hall–Kier alpha value is -7.14. The van der Waals surface area contributed by atoms with E-state index in [1.807, 2.05) is 48.2 Å². The Morgan fingerprint density at radius 1 is 0.310 bits per heavy atom. The van der Waals surface area contributed by atoms with Crippen molar-refractivity contribution in [1.82, 2.24) is 15.0 Å². The first-order valence-electron chi connectivity index (χ1n) is 19.7. The highest BCUT2D eigenvalue weighted by molar-refractivity contribution is 7.99. The van der Waals surface area contributed by atoms with E-state index in [0.29, 0.717) is 17.5 Å². The predicted octanol–water partition coefficient (Wildman–Crippen LogP) is 13.7. The molecule has 9 aromatic carbocycles. The largest absolute Gasteiger partial charge is 0.208 e. The monoisotopic (exact) mass is 755 g/mol. The maximum absolute atomic E-state index is 5.12. The summed E-state index contributed by atoms with van der Waals surface area (Å²) in [5.41, 5.74) is 12.7. The van der Waals surface area contributed by atoms with Crippen molar-refractivity contribution in [1.29, 1.82) is 0 Å². The van der Waals surface area contributed by atoms with Gasteiger partial charge < -0.3 is 0 Å². The summed E-state index contributed by atoms with van der Waals surface area (Å²) in [4.78, 5) is 17.8. The average molecular weight is 756 g/mol. The molecule has 1 spiro atoms. The summed E-state index contributed by atoms with van der Waals surface area (Å²) >= 11 is 1.88. The first-order chi connectivity index (χ1) is 28.7. The van der Waals surface area contributed by atoms with Crippen molar-refractivity contribution in [2.75, 3.05) is 0 Å². The van der Waals surface area contributed by atoms with E-state index in [0.717, 1.165) is 27.5 Å². The SMILES string of the molecule is c1ccc(-c2nc(-c3ccccc3)nc(-c3ccc(-c4ccc5c(c4)C4(c6ccccc6S5)c5ccccc5-c5cc6ccccc6cc54)c4ccccc34)n2)cc1. The van der Waals surface area contributed by atoms with Gasteiger partial charge in [0.15, 0.2) is 17.5 Å². The lowest BCUT2D eigenvalue weighted by Crippen LogP contribution is -2.32. The molecule has 0 N–H and O–H groups in total. The zero-order valence-corrected chi connectivity index (χ0v) is 32.1. The molecule has 58 heavy (non-hydrogen) atoms. The molecular formula is C54H33N3S. The van der Waals surface area contributed by atoms with Gasteiger partial charge in [-0.2, -0.15) is 0 Å². The lowest BCUT2D eigenvalue weighted by molar-refractivity contribution is 0.723. The number of nitrogens with zero attached hydrogens (tertiary/aromatic N) is 3. The van der Waals surface area contributed by atoms with Gasteiger partial charge >= 0.3 is 0 Å². The summed E-state index contributed by atoms with van der Waals surface area (Å²) in [7, 11) is 0. The molecule has 0 bridgehead atoms. The van der Waals surface area contributed by atoms with Crippen LogP contribution in [0, 0.1) is 0 Å². The Bertz CT molecular complexity index is 3210. The Morgan fingerprint density at radius 2 is 0.862 bits per heavy atom. The molecule has 12 rings (SSSR count). The zero-order valence-electron chi connectivity index (χ0n) is 31.3. The van der Waals surface area contributed by atoms with Gasteiger partial charge in [-0.25, -0.2) is 15.0 Å². The molecule has 0 saturated heterocycles. The van der Waals surface area contributed by atoms with E-state index in [4.69, 9.17) is 15.0 Å². The topological polar surface area (TPSA) is 38.7 Å². The van der Waals surface area contributed by atoms with Gasteiger partial charge in [0.1, 0.15) is 0 Å². The van der Waals surface area contributed by atoms with E-state index in [-0.39, 0.29) is 0 Å². The van der Waals surface area contributed by atoms with Crippen LogP contribution in [0.1, 0.15) is 22.3 Å². The number of fused-ring (bicyclic) bond motifs is 11. The van der Waals surface area contributed by atoms with Crippen molar-refractivity contribution in [3.63, 3.8) is 0 Å². The van der Waals surface area contributed by atoms with Crippen molar-refractivity contribution in [2.24, 2.45) is 0 Å². The molecule has 1 aromatic heterocycles. The number of aromatic nitrogens is 3. The van der Waals surface area contributed by atoms with Gasteiger partial charge in [0.25, 0.3) is 0 Å². The lowest BCUT2D eigenvalue weighted by Gasteiger charge is -2.40. The zero-order chi connectivity index (χ0) is 38.2. The minimum absolute atomic E-state index is 0.481. The van der Waals surface area contributed by atoms with Gasteiger partial charge in [0, 0.05) is 26.5 Å². The van der Waals surface area contributed by atoms with Gasteiger partial charge in [-0.1, -0.05) is 176 Å². The first-order valence-corrected chi connectivity index (χ1v) is 20.5. The van der Waals surface area contributed by atoms with Crippen molar-refractivity contribution in [2.45, 2.75) is 15.2 Å². The van der Waals surface area contributed by atoms with Crippen LogP contribution in [0.4, 0.5) is 0 Å². The molecule has 1 aliphatic carbocycles. The maximum Gasteiger partial charge on any atom is 0.164 e. The highest BCUT2D eigenvalue weighted by Gasteiger charge is 2.50. The lowest BCUT2D eigenvalue weighted by atomic mass is 9.66. The van der Waals surface area contributed by atoms with Gasteiger partial charge in [-0.15, -0.1) is 0 Å². The van der Waals surface area contributed by atoms with Crippen molar-refractivity contribution < 1.29 is 0 Å². The van der Waals surface area contributed by atoms with E-state index in [1.165, 1.54) is 65.1 Å². The number of benzene rings is 9. The average Bonchev–Trinajstić information content (AvgIpc) is 3.57. The second-order valence-corrected chi connectivity index (χ2v) is 16.2. The van der Waals surface area contributed by atoms with E-state index >= 15 is 0 Å². The minimum atomic E-state index is -0.481. The number of rotatable bonds is 4. The van der Waals surface area contributed by atoms with E-state index in [9.17, 15) is 0 Å². The summed E-state index contributed by atoms with van der Waals surface area (Å²) in [5, 5.41) is 4.77. The second kappa shape index (κ2) is 13.0. The Labute approximate surface area is 340 Å². The molecule has 10 aromatic rings. The predicted molar refractivity (Wildman–Crippen MR) is 238 cm³/mol. The van der Waals surface area contributed by atoms with Crippen LogP contribution in [0.5, 0.6) is 0 Å². The third kappa shape index (κ3) is 4.92. The Morgan fingerprint density at radius 3 is 1.60 bits per heavy atom. The van der Waals surface area contributed by atoms with Gasteiger partial charge in [-0.05, 0) is 102 Å². The molecule has 4 heteroatoms. The molecule has 1 aliphatic heterocycles. The van der Waals surface area contributed by atoms with E-state index in [1.54, 1.807) is 0 Å². The van der Waals surface area contributed by atoms with E-state index < -0.39 is 5.41 Å². The van der Waals surface area contributed by atoms with Crippen LogP contribution >= 0.6 is 11.8 Å². The van der Waals surface area contributed by atoms with E-state index in [2.05, 4.69) is 164 Å². The molecule has 0 radical (unpaired) electrons. The Balaban J connectivity index is 1.08. The van der Waals surface area contributed by atoms with Crippen LogP contribution in [0.15, 0.2) is 210 Å². The molecule has 1 atom stereocenters. The number of hydrogen-bond donors (Lipinski definition) is 0. The van der Waals surface area contributed by atoms with Crippen LogP contribution in [0.25, 0.3) is 78.0 Å². The third-order valence-electron chi connectivity index (χ3n) is 12.0. The standard InChI is InChI=1S/C54H33N3S/c1-3-15-34(16-4-1)51-55-52(35-17-5-2-6-18-35)57-53(56-51)43-29-28-39(40-21-9-10-22-41(40)43)38-27-30-50-48(33-38)54(46-25-13-14-26-49(46)58-50)45-24-12-11-23-42(45)44-31-36-19-7-8-20-37(36)32-47(44)54/h1-33H.